The Morgan fingerprint density at radius 3 is 2.66 bits per heavy atom. The van der Waals surface area contributed by atoms with Crippen LogP contribution in [0, 0.1) is 17.8 Å². The Morgan fingerprint density at radius 1 is 1.21 bits per heavy atom. The zero-order chi connectivity index (χ0) is 27.3. The fourth-order valence-corrected chi connectivity index (χ4v) is 8.99. The summed E-state index contributed by atoms with van der Waals surface area (Å²) in [5, 5.41) is 9.21. The third-order valence-electron chi connectivity index (χ3n) is 8.25. The summed E-state index contributed by atoms with van der Waals surface area (Å²) in [6.07, 6.45) is 6.87. The lowest BCUT2D eigenvalue weighted by Gasteiger charge is -2.40. The van der Waals surface area contributed by atoms with E-state index in [4.69, 9.17) is 4.74 Å². The molecule has 2 amide bonds. The number of thioether (sulfide) groups is 1. The summed E-state index contributed by atoms with van der Waals surface area (Å²) in [4.78, 5) is 45.4. The monoisotopic (exact) mass is 540 g/mol. The van der Waals surface area contributed by atoms with E-state index in [1.807, 2.05) is 30.3 Å². The Morgan fingerprint density at radius 2 is 1.97 bits per heavy atom. The van der Waals surface area contributed by atoms with Gasteiger partial charge in [-0.05, 0) is 43.6 Å². The molecule has 3 aliphatic rings. The van der Waals surface area contributed by atoms with Gasteiger partial charge in [-0.3, -0.25) is 14.4 Å². The summed E-state index contributed by atoms with van der Waals surface area (Å²) >= 11 is 1.67. The number of nitrogens with zero attached hydrogens (tertiary/aromatic N) is 2. The molecule has 206 valence electrons. The minimum absolute atomic E-state index is 0.0380. The van der Waals surface area contributed by atoms with Gasteiger partial charge in [0.25, 0.3) is 0 Å². The van der Waals surface area contributed by atoms with E-state index in [0.717, 1.165) is 18.4 Å². The molecule has 3 saturated heterocycles. The molecule has 1 N–H and O–H groups in total. The number of likely N-dealkylation sites (tertiary alicyclic amines) is 1. The first-order valence-electron chi connectivity index (χ1n) is 13.7. The van der Waals surface area contributed by atoms with Crippen LogP contribution in [0.25, 0.3) is 0 Å². The summed E-state index contributed by atoms with van der Waals surface area (Å²) in [7, 11) is 0. The summed E-state index contributed by atoms with van der Waals surface area (Å²) in [6.45, 7) is 11.3. The first-order chi connectivity index (χ1) is 18.4. The number of ether oxygens (including phenoxy) is 1. The minimum atomic E-state index is -0.673. The number of fused-ring (bicyclic) bond motifs is 1. The van der Waals surface area contributed by atoms with Gasteiger partial charge in [-0.25, -0.2) is 0 Å². The van der Waals surface area contributed by atoms with Crippen molar-refractivity contribution in [2.45, 2.75) is 61.6 Å². The predicted molar refractivity (Wildman–Crippen MR) is 149 cm³/mol. The molecule has 6 atom stereocenters. The summed E-state index contributed by atoms with van der Waals surface area (Å²) in [5.41, 5.74) is 1.01. The van der Waals surface area contributed by atoms with Crippen LogP contribution in [0.5, 0.6) is 0 Å². The first-order valence-corrected chi connectivity index (χ1v) is 14.6. The third-order valence-corrected chi connectivity index (χ3v) is 10.3. The molecule has 3 unspecified atom stereocenters. The van der Waals surface area contributed by atoms with Crippen molar-refractivity contribution in [3.05, 3.63) is 61.2 Å². The maximum Gasteiger partial charge on any atom is 0.310 e. The van der Waals surface area contributed by atoms with Crippen LogP contribution in [0.15, 0.2) is 55.6 Å². The highest BCUT2D eigenvalue weighted by molar-refractivity contribution is 8.02. The van der Waals surface area contributed by atoms with Crippen molar-refractivity contribution in [3.8, 4) is 0 Å². The van der Waals surface area contributed by atoms with Gasteiger partial charge < -0.3 is 19.6 Å². The van der Waals surface area contributed by atoms with Gasteiger partial charge >= 0.3 is 5.97 Å². The van der Waals surface area contributed by atoms with Crippen molar-refractivity contribution < 1.29 is 24.2 Å². The number of hydrogen-bond donors (Lipinski definition) is 1. The average molecular weight is 541 g/mol. The summed E-state index contributed by atoms with van der Waals surface area (Å²) < 4.78 is 4.91. The number of rotatable bonds is 14. The van der Waals surface area contributed by atoms with E-state index >= 15 is 0 Å². The number of unbranched alkanes of at least 4 members (excludes halogenated alkanes) is 2. The molecule has 3 heterocycles. The second-order valence-corrected chi connectivity index (χ2v) is 12.2. The summed E-state index contributed by atoms with van der Waals surface area (Å²) in [6, 6.07) is 9.17. The van der Waals surface area contributed by atoms with Crippen molar-refractivity contribution in [1.82, 2.24) is 9.80 Å². The minimum Gasteiger partial charge on any atom is -0.465 e. The molecule has 1 aromatic rings. The smallest absolute Gasteiger partial charge is 0.310 e. The highest BCUT2D eigenvalue weighted by atomic mass is 32.2. The van der Waals surface area contributed by atoms with Gasteiger partial charge in [0.1, 0.15) is 6.04 Å². The number of carbonyl (C=O) groups excluding carboxylic acids is 3. The number of carbonyl (C=O) groups is 3. The first kappa shape index (κ1) is 28.4. The van der Waals surface area contributed by atoms with Crippen molar-refractivity contribution >= 4 is 29.5 Å². The van der Waals surface area contributed by atoms with E-state index < -0.39 is 22.6 Å². The number of hydrogen-bond acceptors (Lipinski definition) is 6. The average Bonchev–Trinajstić information content (AvgIpc) is 3.50. The zero-order valence-corrected chi connectivity index (χ0v) is 23.1. The Kier molecular flexibility index (Phi) is 9.36. The summed E-state index contributed by atoms with van der Waals surface area (Å²) in [5.74, 6) is -1.57. The normalized spacial score (nSPS) is 29.3. The van der Waals surface area contributed by atoms with Gasteiger partial charge in [0.15, 0.2) is 0 Å². The quantitative estimate of drug-likeness (QED) is 0.219. The maximum absolute atomic E-state index is 14.4. The Balaban J connectivity index is 1.68. The fourth-order valence-electron chi connectivity index (χ4n) is 6.58. The Bertz CT molecular complexity index is 1030. The lowest BCUT2D eigenvalue weighted by atomic mass is 9.66. The van der Waals surface area contributed by atoms with Crippen LogP contribution in [0.4, 0.5) is 0 Å². The van der Waals surface area contributed by atoms with E-state index in [1.54, 1.807) is 33.7 Å². The van der Waals surface area contributed by atoms with Gasteiger partial charge in [-0.15, -0.1) is 24.9 Å². The predicted octanol–water partition coefficient (Wildman–Crippen LogP) is 3.82. The van der Waals surface area contributed by atoms with E-state index in [-0.39, 0.29) is 42.2 Å². The third kappa shape index (κ3) is 5.17. The molecule has 0 aromatic heterocycles. The second kappa shape index (κ2) is 12.5. The van der Waals surface area contributed by atoms with Gasteiger partial charge in [-0.2, -0.15) is 0 Å². The SMILES string of the molecule is C=CCCOC(=O)[C@@H]1[C@@H]2CC(C)C3(S2)C(C(=O)N(CC=C)Cc2ccccc2)N(CCCCCO)C(=O)[C@H]13. The van der Waals surface area contributed by atoms with Crippen LogP contribution in [0.3, 0.4) is 0 Å². The molecular weight excluding hydrogens is 500 g/mol. The van der Waals surface area contributed by atoms with Crippen molar-refractivity contribution in [2.24, 2.45) is 17.8 Å². The number of amides is 2. The highest BCUT2D eigenvalue weighted by Crippen LogP contribution is 2.68. The van der Waals surface area contributed by atoms with E-state index in [2.05, 4.69) is 20.1 Å². The molecule has 4 rings (SSSR count). The molecule has 3 fully saturated rings. The van der Waals surface area contributed by atoms with Crippen LogP contribution in [-0.2, 0) is 25.7 Å². The highest BCUT2D eigenvalue weighted by Gasteiger charge is 2.76. The van der Waals surface area contributed by atoms with Crippen LogP contribution in [0.2, 0.25) is 0 Å². The van der Waals surface area contributed by atoms with Crippen molar-refractivity contribution in [3.63, 3.8) is 0 Å². The van der Waals surface area contributed by atoms with Crippen LogP contribution < -0.4 is 0 Å². The lowest BCUT2D eigenvalue weighted by Crippen LogP contribution is -2.57. The lowest BCUT2D eigenvalue weighted by molar-refractivity contribution is -0.154. The maximum atomic E-state index is 14.4. The Hall–Kier alpha value is -2.58. The van der Waals surface area contributed by atoms with Gasteiger partial charge in [-0.1, -0.05) is 49.4 Å². The van der Waals surface area contributed by atoms with Crippen molar-refractivity contribution in [2.75, 3.05) is 26.3 Å². The van der Waals surface area contributed by atoms with Gasteiger partial charge in [0.05, 0.1) is 23.2 Å². The topological polar surface area (TPSA) is 87.2 Å². The van der Waals surface area contributed by atoms with Gasteiger partial charge in [0, 0.05) is 31.5 Å². The van der Waals surface area contributed by atoms with Gasteiger partial charge in [0.2, 0.25) is 11.8 Å². The molecule has 8 heteroatoms. The molecule has 2 bridgehead atoms. The molecular formula is C30H40N2O5S. The molecule has 1 aromatic carbocycles. The molecule has 1 spiro atoms. The number of aliphatic hydroxyl groups is 1. The molecule has 0 saturated carbocycles. The standard InChI is InChI=1S/C30H40N2O5S/c1-4-6-18-37-29(36)24-23-19-21(3)30(38-23)25(24)27(34)32(16-11-8-12-17-33)26(30)28(35)31(15-5-2)20-22-13-9-7-10-14-22/h4-5,7,9-10,13-14,21,23-26,33H,1-2,6,8,11-12,15-20H2,3H3/t21?,23-,24+,25-,26?,30?/m0/s1. The second-order valence-electron chi connectivity index (χ2n) is 10.6. The number of aliphatic hydroxyl groups excluding tert-OH is 1. The van der Waals surface area contributed by atoms with E-state index in [0.29, 0.717) is 38.9 Å². The van der Waals surface area contributed by atoms with Crippen molar-refractivity contribution in [1.29, 1.82) is 0 Å². The Labute approximate surface area is 230 Å². The number of esters is 1. The van der Waals surface area contributed by atoms with E-state index in [9.17, 15) is 19.5 Å². The largest absolute Gasteiger partial charge is 0.465 e. The zero-order valence-electron chi connectivity index (χ0n) is 22.3. The molecule has 38 heavy (non-hydrogen) atoms. The van der Waals surface area contributed by atoms with Crippen LogP contribution in [-0.4, -0.2) is 75.0 Å². The van der Waals surface area contributed by atoms with Crippen LogP contribution >= 0.6 is 11.8 Å². The number of benzene rings is 1. The van der Waals surface area contributed by atoms with E-state index in [1.165, 1.54) is 0 Å². The molecule has 3 aliphatic heterocycles. The molecule has 7 nitrogen and oxygen atoms in total. The molecule has 0 radical (unpaired) electrons. The molecule has 0 aliphatic carbocycles. The fraction of sp³-hybridized carbons (Fsp3) is 0.567. The van der Waals surface area contributed by atoms with Crippen LogP contribution in [0.1, 0.15) is 44.6 Å².